The molecular weight excluding hydrogens is 358 g/mol. The van der Waals surface area contributed by atoms with Crippen molar-refractivity contribution in [1.29, 1.82) is 0 Å². The number of para-hydroxylation sites is 2. The number of nitrogens with two attached hydrogens (primary N) is 1. The zero-order valence-electron chi connectivity index (χ0n) is 15.5. The van der Waals surface area contributed by atoms with Crippen molar-refractivity contribution >= 4 is 29.2 Å². The van der Waals surface area contributed by atoms with Crippen LogP contribution >= 0.6 is 0 Å². The number of carboxylic acid groups (broad SMARTS) is 1. The molecule has 2 fully saturated rings. The average Bonchev–Trinajstić information content (AvgIpc) is 2.68. The number of pyridine rings is 1. The highest BCUT2D eigenvalue weighted by Gasteiger charge is 2.46. The monoisotopic (exact) mass is 381 g/mol. The van der Waals surface area contributed by atoms with Crippen LogP contribution in [-0.2, 0) is 0 Å². The molecule has 146 valence electrons. The predicted molar refractivity (Wildman–Crippen MR) is 107 cm³/mol. The molecule has 1 aromatic heterocycles. The Morgan fingerprint density at radius 2 is 1.82 bits per heavy atom. The van der Waals surface area contributed by atoms with E-state index < -0.39 is 6.09 Å². The number of carbonyl (C=O) groups is 2. The standard InChI is InChI=1S/C20H23N5O3/c21-15-3-1-2-4-16(15)23-18(26)14-5-6-17(22-11-14)24-9-7-20(8-10-24)12-25(13-20)19(27)28/h1-6,11H,7-10,12-13,21H2,(H,23,26)(H,27,28). The van der Waals surface area contributed by atoms with Crippen LogP contribution in [0.2, 0.25) is 0 Å². The van der Waals surface area contributed by atoms with Crippen molar-refractivity contribution in [2.75, 3.05) is 42.1 Å². The Balaban J connectivity index is 1.35. The molecule has 2 aliphatic heterocycles. The Bertz CT molecular complexity index is 883. The lowest BCUT2D eigenvalue weighted by atomic mass is 9.72. The first-order valence-corrected chi connectivity index (χ1v) is 9.31. The minimum absolute atomic E-state index is 0.129. The summed E-state index contributed by atoms with van der Waals surface area (Å²) in [6, 6.07) is 10.7. The molecule has 4 rings (SSSR count). The third-order valence-corrected chi connectivity index (χ3v) is 5.69. The molecule has 2 aromatic rings. The molecule has 28 heavy (non-hydrogen) atoms. The number of nitrogen functional groups attached to an aromatic ring is 1. The quantitative estimate of drug-likeness (QED) is 0.704. The van der Waals surface area contributed by atoms with Crippen LogP contribution < -0.4 is 16.0 Å². The van der Waals surface area contributed by atoms with Crippen LogP contribution in [0.15, 0.2) is 42.6 Å². The van der Waals surface area contributed by atoms with Crippen LogP contribution in [0.25, 0.3) is 0 Å². The van der Waals surface area contributed by atoms with Gasteiger partial charge in [0.1, 0.15) is 5.82 Å². The first-order valence-electron chi connectivity index (χ1n) is 9.31. The number of amides is 2. The van der Waals surface area contributed by atoms with Crippen molar-refractivity contribution in [2.24, 2.45) is 5.41 Å². The maximum Gasteiger partial charge on any atom is 0.407 e. The van der Waals surface area contributed by atoms with Gasteiger partial charge in [-0.25, -0.2) is 9.78 Å². The Labute approximate surface area is 163 Å². The number of piperidine rings is 1. The lowest BCUT2D eigenvalue weighted by Crippen LogP contribution is -2.61. The van der Waals surface area contributed by atoms with Gasteiger partial charge >= 0.3 is 6.09 Å². The smallest absolute Gasteiger partial charge is 0.407 e. The maximum absolute atomic E-state index is 12.4. The van der Waals surface area contributed by atoms with E-state index in [-0.39, 0.29) is 11.3 Å². The highest BCUT2D eigenvalue weighted by molar-refractivity contribution is 6.05. The van der Waals surface area contributed by atoms with Gasteiger partial charge in [-0.2, -0.15) is 0 Å². The molecule has 4 N–H and O–H groups in total. The van der Waals surface area contributed by atoms with Gasteiger partial charge in [0.2, 0.25) is 0 Å². The van der Waals surface area contributed by atoms with E-state index in [9.17, 15) is 9.59 Å². The number of nitrogens with one attached hydrogen (secondary N) is 1. The molecule has 2 saturated heterocycles. The molecule has 1 spiro atoms. The molecule has 1 aromatic carbocycles. The summed E-state index contributed by atoms with van der Waals surface area (Å²) in [5, 5.41) is 11.8. The molecule has 0 unspecified atom stereocenters. The summed E-state index contributed by atoms with van der Waals surface area (Å²) in [5.41, 5.74) is 7.55. The van der Waals surface area contributed by atoms with E-state index in [4.69, 9.17) is 10.8 Å². The lowest BCUT2D eigenvalue weighted by molar-refractivity contribution is -0.00644. The van der Waals surface area contributed by atoms with Crippen molar-refractivity contribution in [3.63, 3.8) is 0 Å². The van der Waals surface area contributed by atoms with Crippen molar-refractivity contribution in [2.45, 2.75) is 12.8 Å². The molecule has 0 aliphatic carbocycles. The van der Waals surface area contributed by atoms with Gasteiger partial charge in [-0.3, -0.25) is 4.79 Å². The van der Waals surface area contributed by atoms with Crippen molar-refractivity contribution in [3.05, 3.63) is 48.2 Å². The fourth-order valence-electron chi connectivity index (χ4n) is 3.94. The van der Waals surface area contributed by atoms with E-state index in [1.165, 1.54) is 4.90 Å². The third kappa shape index (κ3) is 3.45. The molecule has 0 bridgehead atoms. The van der Waals surface area contributed by atoms with Gasteiger partial charge in [0.15, 0.2) is 0 Å². The van der Waals surface area contributed by atoms with E-state index in [0.717, 1.165) is 31.7 Å². The summed E-state index contributed by atoms with van der Waals surface area (Å²) in [7, 11) is 0. The summed E-state index contributed by atoms with van der Waals surface area (Å²) in [6.45, 7) is 2.94. The largest absolute Gasteiger partial charge is 0.465 e. The zero-order valence-corrected chi connectivity index (χ0v) is 15.5. The van der Waals surface area contributed by atoms with Crippen LogP contribution in [0.3, 0.4) is 0 Å². The zero-order chi connectivity index (χ0) is 19.7. The van der Waals surface area contributed by atoms with Crippen LogP contribution in [0.1, 0.15) is 23.2 Å². The maximum atomic E-state index is 12.4. The summed E-state index contributed by atoms with van der Waals surface area (Å²) < 4.78 is 0. The number of hydrogen-bond donors (Lipinski definition) is 3. The SMILES string of the molecule is Nc1ccccc1NC(=O)c1ccc(N2CCC3(CC2)CN(C(=O)O)C3)nc1. The lowest BCUT2D eigenvalue weighted by Gasteiger charge is -2.53. The van der Waals surface area contributed by atoms with E-state index in [2.05, 4.69) is 15.2 Å². The number of carbonyl (C=O) groups excluding carboxylic acids is 1. The molecule has 3 heterocycles. The highest BCUT2D eigenvalue weighted by atomic mass is 16.4. The van der Waals surface area contributed by atoms with Gasteiger partial charge in [0.25, 0.3) is 5.91 Å². The summed E-state index contributed by atoms with van der Waals surface area (Å²) >= 11 is 0. The Morgan fingerprint density at radius 1 is 1.11 bits per heavy atom. The first kappa shape index (κ1) is 18.1. The summed E-state index contributed by atoms with van der Waals surface area (Å²) in [6.07, 6.45) is 2.65. The van der Waals surface area contributed by atoms with Crippen molar-refractivity contribution < 1.29 is 14.7 Å². The van der Waals surface area contributed by atoms with Gasteiger partial charge in [0.05, 0.1) is 16.9 Å². The highest BCUT2D eigenvalue weighted by Crippen LogP contribution is 2.41. The molecule has 0 atom stereocenters. The van der Waals surface area contributed by atoms with E-state index >= 15 is 0 Å². The van der Waals surface area contributed by atoms with Crippen LogP contribution in [0, 0.1) is 5.41 Å². The van der Waals surface area contributed by atoms with Gasteiger partial charge in [0, 0.05) is 37.8 Å². The molecule has 0 saturated carbocycles. The van der Waals surface area contributed by atoms with E-state index in [1.54, 1.807) is 24.4 Å². The van der Waals surface area contributed by atoms with Crippen molar-refractivity contribution in [3.8, 4) is 0 Å². The van der Waals surface area contributed by atoms with E-state index in [1.807, 2.05) is 18.2 Å². The number of hydrogen-bond acceptors (Lipinski definition) is 5. The number of nitrogens with zero attached hydrogens (tertiary/aromatic N) is 3. The van der Waals surface area contributed by atoms with Gasteiger partial charge < -0.3 is 26.0 Å². The Hall–Kier alpha value is -3.29. The van der Waals surface area contributed by atoms with E-state index in [0.29, 0.717) is 30.0 Å². The fourth-order valence-corrected chi connectivity index (χ4v) is 3.94. The minimum Gasteiger partial charge on any atom is -0.465 e. The summed E-state index contributed by atoms with van der Waals surface area (Å²) in [4.78, 5) is 31.5. The second kappa shape index (κ2) is 7.03. The van der Waals surface area contributed by atoms with Crippen molar-refractivity contribution in [1.82, 2.24) is 9.88 Å². The summed E-state index contributed by atoms with van der Waals surface area (Å²) in [5.74, 6) is 0.581. The predicted octanol–water partition coefficient (Wildman–Crippen LogP) is 2.50. The normalized spacial score (nSPS) is 17.9. The number of aromatic nitrogens is 1. The van der Waals surface area contributed by atoms with Crippen LogP contribution in [0.5, 0.6) is 0 Å². The fraction of sp³-hybridized carbons (Fsp3) is 0.350. The number of likely N-dealkylation sites (tertiary alicyclic amines) is 1. The molecular formula is C20H23N5O3. The Kier molecular flexibility index (Phi) is 4.54. The number of anilines is 3. The molecule has 0 radical (unpaired) electrons. The minimum atomic E-state index is -0.833. The number of benzene rings is 1. The van der Waals surface area contributed by atoms with Gasteiger partial charge in [-0.1, -0.05) is 12.1 Å². The van der Waals surface area contributed by atoms with Gasteiger partial charge in [-0.15, -0.1) is 0 Å². The molecule has 2 aliphatic rings. The Morgan fingerprint density at radius 3 is 2.43 bits per heavy atom. The van der Waals surface area contributed by atoms with Crippen LogP contribution in [0.4, 0.5) is 22.0 Å². The molecule has 8 nitrogen and oxygen atoms in total. The third-order valence-electron chi connectivity index (χ3n) is 5.69. The topological polar surface area (TPSA) is 112 Å². The second-order valence-corrected chi connectivity index (χ2v) is 7.57. The number of rotatable bonds is 3. The van der Waals surface area contributed by atoms with Crippen LogP contribution in [-0.4, -0.2) is 53.2 Å². The average molecular weight is 381 g/mol. The molecule has 8 heteroatoms. The molecule has 2 amide bonds. The second-order valence-electron chi connectivity index (χ2n) is 7.57. The first-order chi connectivity index (χ1) is 13.5. The van der Waals surface area contributed by atoms with Gasteiger partial charge in [-0.05, 0) is 37.1 Å².